The van der Waals surface area contributed by atoms with E-state index in [1.54, 1.807) is 38.5 Å². The maximum absolute atomic E-state index is 12.7. The van der Waals surface area contributed by atoms with Crippen molar-refractivity contribution in [2.75, 3.05) is 20.0 Å². The van der Waals surface area contributed by atoms with Crippen molar-refractivity contribution in [3.8, 4) is 28.6 Å². The Balaban J connectivity index is 1.71. The highest BCUT2D eigenvalue weighted by molar-refractivity contribution is 7.99. The van der Waals surface area contributed by atoms with Crippen LogP contribution in [0.2, 0.25) is 5.02 Å². The van der Waals surface area contributed by atoms with Gasteiger partial charge in [-0.15, -0.1) is 10.2 Å². The maximum atomic E-state index is 12.7. The van der Waals surface area contributed by atoms with Crippen molar-refractivity contribution < 1.29 is 14.3 Å². The predicted octanol–water partition coefficient (Wildman–Crippen LogP) is 5.58. The first-order valence-corrected chi connectivity index (χ1v) is 11.1. The van der Waals surface area contributed by atoms with Crippen LogP contribution in [0.25, 0.3) is 17.1 Å². The highest BCUT2D eigenvalue weighted by atomic mass is 35.5. The van der Waals surface area contributed by atoms with Gasteiger partial charge in [0.05, 0.1) is 31.2 Å². The Morgan fingerprint density at radius 3 is 2.34 bits per heavy atom. The lowest BCUT2D eigenvalue weighted by Crippen LogP contribution is -2.05. The van der Waals surface area contributed by atoms with E-state index >= 15 is 0 Å². The third-order valence-corrected chi connectivity index (χ3v) is 5.99. The molecule has 0 saturated carbocycles. The summed E-state index contributed by atoms with van der Waals surface area (Å²) in [5.74, 6) is 2.24. The topological polar surface area (TPSA) is 66.2 Å². The molecule has 0 saturated heterocycles. The van der Waals surface area contributed by atoms with Gasteiger partial charge in [0, 0.05) is 10.6 Å². The molecule has 32 heavy (non-hydrogen) atoms. The minimum Gasteiger partial charge on any atom is -0.497 e. The van der Waals surface area contributed by atoms with Gasteiger partial charge >= 0.3 is 0 Å². The van der Waals surface area contributed by atoms with E-state index in [4.69, 9.17) is 21.1 Å². The van der Waals surface area contributed by atoms with E-state index in [1.165, 1.54) is 11.8 Å². The van der Waals surface area contributed by atoms with E-state index in [-0.39, 0.29) is 11.5 Å². The maximum Gasteiger partial charge on any atom is 0.196 e. The Morgan fingerprint density at radius 2 is 1.66 bits per heavy atom. The summed E-state index contributed by atoms with van der Waals surface area (Å²) >= 11 is 7.25. The number of aromatic nitrogens is 3. The third kappa shape index (κ3) is 4.64. The fraction of sp³-hybridized carbons (Fsp3) is 0.125. The Bertz CT molecular complexity index is 1220. The molecule has 0 spiro atoms. The van der Waals surface area contributed by atoms with E-state index in [1.807, 2.05) is 53.1 Å². The van der Waals surface area contributed by atoms with Gasteiger partial charge in [0.15, 0.2) is 16.8 Å². The van der Waals surface area contributed by atoms with E-state index in [2.05, 4.69) is 10.2 Å². The van der Waals surface area contributed by atoms with Crippen LogP contribution in [0.5, 0.6) is 11.5 Å². The molecular weight excluding hydrogens is 446 g/mol. The van der Waals surface area contributed by atoms with Gasteiger partial charge in [-0.3, -0.25) is 9.36 Å². The Kier molecular flexibility index (Phi) is 6.78. The monoisotopic (exact) mass is 465 g/mol. The summed E-state index contributed by atoms with van der Waals surface area (Å²) in [7, 11) is 3.24. The van der Waals surface area contributed by atoms with Gasteiger partial charge in [0.2, 0.25) is 0 Å². The molecule has 0 N–H and O–H groups in total. The number of hydrogen-bond donors (Lipinski definition) is 0. The molecule has 1 heterocycles. The van der Waals surface area contributed by atoms with Crippen molar-refractivity contribution >= 4 is 29.1 Å². The minimum atomic E-state index is -0.0187. The van der Waals surface area contributed by atoms with Gasteiger partial charge < -0.3 is 9.47 Å². The first-order chi connectivity index (χ1) is 15.6. The number of hydrogen-bond acceptors (Lipinski definition) is 6. The lowest BCUT2D eigenvalue weighted by Gasteiger charge is -2.13. The highest BCUT2D eigenvalue weighted by Gasteiger charge is 2.20. The quantitative estimate of drug-likeness (QED) is 0.250. The highest BCUT2D eigenvalue weighted by Crippen LogP contribution is 2.33. The Hall–Kier alpha value is -3.29. The Morgan fingerprint density at radius 1 is 0.938 bits per heavy atom. The number of thioether (sulfide) groups is 1. The molecule has 0 radical (unpaired) electrons. The van der Waals surface area contributed by atoms with Crippen LogP contribution < -0.4 is 9.47 Å². The number of rotatable bonds is 8. The lowest BCUT2D eigenvalue weighted by molar-refractivity contribution is 0.102. The van der Waals surface area contributed by atoms with Crippen molar-refractivity contribution in [2.45, 2.75) is 5.16 Å². The lowest BCUT2D eigenvalue weighted by atomic mass is 10.1. The molecule has 8 heteroatoms. The van der Waals surface area contributed by atoms with E-state index < -0.39 is 0 Å². The van der Waals surface area contributed by atoms with Gasteiger partial charge in [-0.05, 0) is 60.7 Å². The average Bonchev–Trinajstić information content (AvgIpc) is 3.26. The van der Waals surface area contributed by atoms with Gasteiger partial charge in [-0.2, -0.15) is 0 Å². The number of halogens is 1. The van der Waals surface area contributed by atoms with E-state index in [9.17, 15) is 4.79 Å². The van der Waals surface area contributed by atoms with Crippen LogP contribution in [0.4, 0.5) is 0 Å². The van der Waals surface area contributed by atoms with Crippen LogP contribution in [-0.2, 0) is 0 Å². The zero-order chi connectivity index (χ0) is 22.5. The predicted molar refractivity (Wildman–Crippen MR) is 126 cm³/mol. The number of nitrogens with zero attached hydrogens (tertiary/aromatic N) is 3. The summed E-state index contributed by atoms with van der Waals surface area (Å²) in [5.41, 5.74) is 2.25. The molecule has 0 fully saturated rings. The summed E-state index contributed by atoms with van der Waals surface area (Å²) in [5, 5.41) is 10.00. The molecular formula is C24H20ClN3O3S. The summed E-state index contributed by atoms with van der Waals surface area (Å²) in [4.78, 5) is 12.7. The molecule has 6 nitrogen and oxygen atoms in total. The number of carbonyl (C=O) groups excluding carboxylic acids is 1. The third-order valence-electron chi connectivity index (χ3n) is 4.81. The number of para-hydroxylation sites is 1. The number of methoxy groups -OCH3 is 2. The summed E-state index contributed by atoms with van der Waals surface area (Å²) < 4.78 is 12.7. The van der Waals surface area contributed by atoms with Crippen LogP contribution in [0, 0.1) is 0 Å². The van der Waals surface area contributed by atoms with Crippen molar-refractivity contribution in [2.24, 2.45) is 0 Å². The molecule has 4 rings (SSSR count). The van der Waals surface area contributed by atoms with Crippen LogP contribution >= 0.6 is 23.4 Å². The minimum absolute atomic E-state index is 0.0187. The van der Waals surface area contributed by atoms with Gasteiger partial charge in [-0.1, -0.05) is 35.5 Å². The second kappa shape index (κ2) is 9.89. The second-order valence-corrected chi connectivity index (χ2v) is 8.14. The average molecular weight is 466 g/mol. The van der Waals surface area contributed by atoms with Crippen molar-refractivity contribution in [3.05, 3.63) is 83.4 Å². The van der Waals surface area contributed by atoms with Gasteiger partial charge in [0.25, 0.3) is 0 Å². The fourth-order valence-electron chi connectivity index (χ4n) is 3.18. The number of benzene rings is 3. The SMILES string of the molecule is COc1ccc(-n2c(SCC(=O)c3ccc(Cl)cc3)nnc2-c2ccccc2OC)cc1. The molecule has 4 aromatic rings. The molecule has 0 unspecified atom stereocenters. The van der Waals surface area contributed by atoms with Crippen molar-refractivity contribution in [1.82, 2.24) is 14.8 Å². The van der Waals surface area contributed by atoms with Crippen LogP contribution in [0.15, 0.2) is 78.0 Å². The summed E-state index contributed by atoms with van der Waals surface area (Å²) in [6.45, 7) is 0. The fourth-order valence-corrected chi connectivity index (χ4v) is 4.15. The molecule has 0 amide bonds. The molecule has 0 aliphatic heterocycles. The number of ketones is 1. The molecule has 3 aromatic carbocycles. The number of ether oxygens (including phenoxy) is 2. The smallest absolute Gasteiger partial charge is 0.196 e. The zero-order valence-electron chi connectivity index (χ0n) is 17.5. The standard InChI is InChI=1S/C24H20ClN3O3S/c1-30-19-13-11-18(12-14-19)28-23(20-5-3-4-6-22(20)31-2)26-27-24(28)32-15-21(29)16-7-9-17(25)10-8-16/h3-14H,15H2,1-2H3. The van der Waals surface area contributed by atoms with Crippen LogP contribution in [0.3, 0.4) is 0 Å². The largest absolute Gasteiger partial charge is 0.497 e. The second-order valence-electron chi connectivity index (χ2n) is 6.76. The molecule has 1 aromatic heterocycles. The van der Waals surface area contributed by atoms with E-state index in [0.717, 1.165) is 17.0 Å². The van der Waals surface area contributed by atoms with Crippen LogP contribution in [-0.4, -0.2) is 40.5 Å². The first kappa shape index (κ1) is 21.9. The van der Waals surface area contributed by atoms with Crippen molar-refractivity contribution in [3.63, 3.8) is 0 Å². The van der Waals surface area contributed by atoms with Gasteiger partial charge in [-0.25, -0.2) is 0 Å². The van der Waals surface area contributed by atoms with E-state index in [0.29, 0.717) is 27.3 Å². The van der Waals surface area contributed by atoms with Crippen molar-refractivity contribution in [1.29, 1.82) is 0 Å². The zero-order valence-corrected chi connectivity index (χ0v) is 19.1. The molecule has 0 atom stereocenters. The molecule has 0 aliphatic rings. The molecule has 0 bridgehead atoms. The first-order valence-electron chi connectivity index (χ1n) is 9.75. The Labute approximate surface area is 195 Å². The number of Topliss-reactive ketones (excluding diaryl/α,β-unsaturated/α-hetero) is 1. The molecule has 162 valence electrons. The summed E-state index contributed by atoms with van der Waals surface area (Å²) in [6, 6.07) is 22.1. The summed E-state index contributed by atoms with van der Waals surface area (Å²) in [6.07, 6.45) is 0. The molecule has 0 aliphatic carbocycles. The number of carbonyl (C=O) groups is 1. The van der Waals surface area contributed by atoms with Gasteiger partial charge in [0.1, 0.15) is 11.5 Å². The van der Waals surface area contributed by atoms with Crippen LogP contribution in [0.1, 0.15) is 10.4 Å². The normalized spacial score (nSPS) is 10.7.